The van der Waals surface area contributed by atoms with E-state index < -0.39 is 66.2 Å². The van der Waals surface area contributed by atoms with Crippen molar-refractivity contribution in [3.05, 3.63) is 156 Å². The maximum absolute atomic E-state index is 14.5. The topological polar surface area (TPSA) is 103 Å². The summed E-state index contributed by atoms with van der Waals surface area (Å²) in [7, 11) is 0.789. The maximum atomic E-state index is 14.5. The molecule has 2 aromatic heterocycles. The van der Waals surface area contributed by atoms with Gasteiger partial charge in [0.1, 0.15) is 0 Å². The largest absolute Gasteiger partial charge is 0.488 e. The molecule has 4 aromatic carbocycles. The Balaban J connectivity index is 0.000000256. The van der Waals surface area contributed by atoms with Gasteiger partial charge in [0.05, 0.1) is 46.8 Å². The summed E-state index contributed by atoms with van der Waals surface area (Å²) < 4.78 is 198. The minimum absolute atomic E-state index is 0.000897. The van der Waals surface area contributed by atoms with E-state index in [0.717, 1.165) is 3.57 Å². The summed E-state index contributed by atoms with van der Waals surface area (Å²) in [6, 6.07) is 14.3. The number of hydrogen-bond donors (Lipinski definition) is 2. The first-order valence-electron chi connectivity index (χ1n) is 20.0. The Morgan fingerprint density at radius 3 is 1.24 bits per heavy atom. The highest BCUT2D eigenvalue weighted by Crippen LogP contribution is 2.55. The van der Waals surface area contributed by atoms with Crippen LogP contribution in [0.4, 0.5) is 61.5 Å². The second-order valence-corrected chi connectivity index (χ2v) is 17.6. The molecular weight excluding hydrogens is 1150 g/mol. The third-order valence-corrected chi connectivity index (χ3v) is 11.9. The Bertz CT molecular complexity index is 2880. The van der Waals surface area contributed by atoms with Crippen LogP contribution in [0.25, 0.3) is 22.5 Å². The summed E-state index contributed by atoms with van der Waals surface area (Å²) in [5.41, 5.74) is -11.5. The Hall–Kier alpha value is -5.31. The van der Waals surface area contributed by atoms with Crippen LogP contribution in [-0.4, -0.2) is 77.2 Å². The Morgan fingerprint density at radius 2 is 0.889 bits per heavy atom. The van der Waals surface area contributed by atoms with Crippen LogP contribution in [0.5, 0.6) is 0 Å². The molecule has 0 bridgehead atoms. The van der Waals surface area contributed by atoms with E-state index in [9.17, 15) is 71.1 Å². The van der Waals surface area contributed by atoms with E-state index in [1.807, 2.05) is 22.6 Å². The van der Waals surface area contributed by atoms with Crippen molar-refractivity contribution in [1.29, 1.82) is 0 Å². The number of aromatic nitrogens is 2. The molecule has 26 heteroatoms. The number of carbonyl (C=O) groups is 2. The summed E-state index contributed by atoms with van der Waals surface area (Å²) in [6.45, 7) is 5.25. The van der Waals surface area contributed by atoms with E-state index in [2.05, 4.69) is 9.47 Å². The number of methoxy groups -OCH3 is 2. The van der Waals surface area contributed by atoms with Crippen LogP contribution >= 0.6 is 45.8 Å². The molecule has 2 N–H and O–H groups in total. The predicted molar refractivity (Wildman–Crippen MR) is 247 cm³/mol. The van der Waals surface area contributed by atoms with Crippen molar-refractivity contribution in [3.8, 4) is 22.5 Å². The van der Waals surface area contributed by atoms with Gasteiger partial charge in [0.15, 0.2) is 0 Å². The summed E-state index contributed by atoms with van der Waals surface area (Å²) in [4.78, 5) is 23.0. The zero-order chi connectivity index (χ0) is 54.9. The van der Waals surface area contributed by atoms with Crippen LogP contribution in [-0.2, 0) is 20.8 Å². The number of esters is 2. The normalized spacial score (nSPS) is 12.3. The number of hydrogen-bond acceptors (Lipinski definition) is 6. The molecule has 0 spiro atoms. The van der Waals surface area contributed by atoms with Gasteiger partial charge in [-0.3, -0.25) is 0 Å². The van der Waals surface area contributed by atoms with Crippen LogP contribution < -0.4 is 5.46 Å². The Kier molecular flexibility index (Phi) is 18.1. The first kappa shape index (κ1) is 59.3. The zero-order valence-corrected chi connectivity index (χ0v) is 41.3. The first-order chi connectivity index (χ1) is 33.0. The minimum Gasteiger partial charge on any atom is -0.465 e. The van der Waals surface area contributed by atoms with Crippen molar-refractivity contribution in [1.82, 2.24) is 9.13 Å². The third kappa shape index (κ3) is 12.2. The van der Waals surface area contributed by atoms with E-state index >= 15 is 0 Å². The molecule has 0 atom stereocenters. The molecule has 0 saturated carbocycles. The molecule has 6 rings (SSSR count). The smallest absolute Gasteiger partial charge is 0.465 e. The number of alkyl halides is 14. The molecular formula is C46H36BCl2F14IN2O6. The second kappa shape index (κ2) is 22.0. The van der Waals surface area contributed by atoms with Gasteiger partial charge >= 0.3 is 55.1 Å². The maximum Gasteiger partial charge on any atom is 0.488 e. The molecule has 0 saturated heterocycles. The number of nitrogens with zero attached hydrogens (tertiary/aromatic N) is 2. The second-order valence-electron chi connectivity index (χ2n) is 15.6. The molecule has 388 valence electrons. The molecule has 2 heterocycles. The highest BCUT2D eigenvalue weighted by molar-refractivity contribution is 14.1. The van der Waals surface area contributed by atoms with Crippen LogP contribution in [0.3, 0.4) is 0 Å². The molecule has 8 nitrogen and oxygen atoms in total. The lowest BCUT2D eigenvalue weighted by Gasteiger charge is -2.31. The molecule has 0 fully saturated rings. The number of rotatable bonds is 8. The molecule has 0 aliphatic carbocycles. The molecule has 72 heavy (non-hydrogen) atoms. The number of carbonyl (C=O) groups excluding carboxylic acids is 2. The number of ether oxygens (including phenoxy) is 2. The van der Waals surface area contributed by atoms with E-state index in [-0.39, 0.29) is 54.6 Å². The number of aryl methyl sites for hydroxylation is 4. The van der Waals surface area contributed by atoms with Crippen molar-refractivity contribution < 1.29 is 90.6 Å². The summed E-state index contributed by atoms with van der Waals surface area (Å²) in [6.07, 6.45) is -18.2. The zero-order valence-electron chi connectivity index (χ0n) is 37.7. The van der Waals surface area contributed by atoms with Crippen molar-refractivity contribution in [2.24, 2.45) is 0 Å². The molecule has 0 radical (unpaired) electrons. The average molecular weight is 1190 g/mol. The van der Waals surface area contributed by atoms with Gasteiger partial charge in [-0.2, -0.15) is 52.7 Å². The Labute approximate surface area is 424 Å². The Morgan fingerprint density at radius 1 is 0.528 bits per heavy atom. The highest BCUT2D eigenvalue weighted by atomic mass is 127. The van der Waals surface area contributed by atoms with Crippen molar-refractivity contribution in [2.45, 2.75) is 63.7 Å². The first-order valence-corrected chi connectivity index (χ1v) is 21.8. The van der Waals surface area contributed by atoms with Crippen molar-refractivity contribution in [3.63, 3.8) is 0 Å². The van der Waals surface area contributed by atoms with Crippen LogP contribution in [0, 0.1) is 31.3 Å². The SMILES string of the molecule is COC(=O)c1cc(-c2ccn(-c3c(C)cc(C(F)(C(F)(F)F)C(F)(F)F)cc3C)c2)ccc1Cl.COC(=O)c1cc(B(O)O)ccc1Cl.Cc1cc(C(F)(C(F)(F)F)C(F)(F)F)cc(C)c1-n1ccc(I)c1. The third-order valence-electron chi connectivity index (χ3n) is 10.6. The van der Waals surface area contributed by atoms with Gasteiger partial charge in [0, 0.05) is 39.5 Å². The summed E-state index contributed by atoms with van der Waals surface area (Å²) >= 11 is 13.7. The monoisotopic (exact) mass is 1190 g/mol. The fourth-order valence-electron chi connectivity index (χ4n) is 7.26. The van der Waals surface area contributed by atoms with Gasteiger partial charge in [-0.15, -0.1) is 0 Å². The molecule has 0 aliphatic heterocycles. The summed E-state index contributed by atoms with van der Waals surface area (Å²) in [5, 5.41) is 18.1. The molecule has 0 unspecified atom stereocenters. The van der Waals surface area contributed by atoms with Gasteiger partial charge < -0.3 is 28.7 Å². The fourth-order valence-corrected chi connectivity index (χ4v) is 8.11. The highest BCUT2D eigenvalue weighted by Gasteiger charge is 2.74. The van der Waals surface area contributed by atoms with Crippen LogP contribution in [0.2, 0.25) is 10.0 Å². The lowest BCUT2D eigenvalue weighted by Crippen LogP contribution is -2.50. The van der Waals surface area contributed by atoms with E-state index in [4.69, 9.17) is 33.2 Å². The predicted octanol–water partition coefficient (Wildman–Crippen LogP) is 13.3. The van der Waals surface area contributed by atoms with Gasteiger partial charge in [-0.1, -0.05) is 59.6 Å². The lowest BCUT2D eigenvalue weighted by molar-refractivity contribution is -0.349. The molecule has 6 aromatic rings. The van der Waals surface area contributed by atoms with Crippen molar-refractivity contribution >= 4 is 70.3 Å². The molecule has 0 aliphatic rings. The van der Waals surface area contributed by atoms with E-state index in [1.54, 1.807) is 41.4 Å². The summed E-state index contributed by atoms with van der Waals surface area (Å²) in [5.74, 6) is -1.27. The van der Waals surface area contributed by atoms with Gasteiger partial charge in [-0.25, -0.2) is 18.4 Å². The quantitative estimate of drug-likeness (QED) is 0.0681. The average Bonchev–Trinajstić information content (AvgIpc) is 3.93. The van der Waals surface area contributed by atoms with Crippen LogP contribution in [0.15, 0.2) is 97.6 Å². The van der Waals surface area contributed by atoms with Crippen molar-refractivity contribution in [2.75, 3.05) is 14.2 Å². The standard InChI is InChI=1S/C23H17ClF7NO2.C15H11F7IN.C8H8BClO4/c1-12-8-16(21(25,22(26,27)28)23(29,30)31)9-13(2)19(12)32-7-6-15(11-32)14-4-5-18(24)17(10-14)20(33)34-3;1-8-5-10(13(16,14(17,18)19)15(20,21)22)6-9(2)12(8)24-4-3-11(23)7-24;1-14-8(11)6-4-5(9(12)13)2-3-7(6)10/h4-11H,1-3H3;3-7H,1-2H3;2-4,12-13H,1H3. The van der Waals surface area contributed by atoms with Gasteiger partial charge in [0.25, 0.3) is 0 Å². The lowest BCUT2D eigenvalue weighted by atomic mass is 9.79. The fraction of sp³-hybridized carbons (Fsp3) is 0.261. The number of benzene rings is 4. The van der Waals surface area contributed by atoms with Gasteiger partial charge in [0.2, 0.25) is 0 Å². The number of halogens is 17. The minimum atomic E-state index is -6.20. The van der Waals surface area contributed by atoms with Crippen LogP contribution in [0.1, 0.15) is 54.1 Å². The van der Waals surface area contributed by atoms with Gasteiger partial charge in [-0.05, 0) is 126 Å². The van der Waals surface area contributed by atoms with E-state index in [0.29, 0.717) is 41.1 Å². The van der Waals surface area contributed by atoms with E-state index in [1.165, 1.54) is 83.0 Å². The molecule has 0 amide bonds.